The van der Waals surface area contributed by atoms with Crippen molar-refractivity contribution in [3.63, 3.8) is 0 Å². The molecule has 0 saturated heterocycles. The Kier molecular flexibility index (Phi) is 3.94. The molecule has 1 nitrogen and oxygen atoms in total. The zero-order chi connectivity index (χ0) is 15.2. The molecule has 1 fully saturated rings. The number of rotatable bonds is 2. The molecule has 0 aromatic heterocycles. The van der Waals surface area contributed by atoms with E-state index in [1.165, 1.54) is 6.07 Å². The maximum atomic E-state index is 13.5. The van der Waals surface area contributed by atoms with E-state index >= 15 is 0 Å². The molecule has 0 spiro atoms. The molecule has 1 aliphatic carbocycles. The van der Waals surface area contributed by atoms with Crippen molar-refractivity contribution in [2.24, 2.45) is 10.8 Å². The SMILES string of the molecule is CC1(C)CC(C)(C)CC(O)(Cc2cccc(F)c2Cl)C1. The fourth-order valence-corrected chi connectivity index (χ4v) is 4.62. The van der Waals surface area contributed by atoms with Crippen molar-refractivity contribution in [3.8, 4) is 0 Å². The Labute approximate surface area is 126 Å². The molecule has 1 saturated carbocycles. The van der Waals surface area contributed by atoms with Gasteiger partial charge < -0.3 is 5.11 Å². The van der Waals surface area contributed by atoms with Crippen LogP contribution in [-0.4, -0.2) is 10.7 Å². The smallest absolute Gasteiger partial charge is 0.142 e. The molecule has 0 radical (unpaired) electrons. The summed E-state index contributed by atoms with van der Waals surface area (Å²) in [6.45, 7) is 8.75. The Morgan fingerprint density at radius 3 is 2.20 bits per heavy atom. The number of hydrogen-bond acceptors (Lipinski definition) is 1. The molecular formula is C17H24ClFO. The molecule has 0 aliphatic heterocycles. The molecule has 0 unspecified atom stereocenters. The average Bonchev–Trinajstić information content (AvgIpc) is 2.19. The third-order valence-electron chi connectivity index (χ3n) is 4.12. The van der Waals surface area contributed by atoms with Crippen LogP contribution in [-0.2, 0) is 6.42 Å². The van der Waals surface area contributed by atoms with Gasteiger partial charge in [-0.05, 0) is 41.7 Å². The van der Waals surface area contributed by atoms with E-state index in [4.69, 9.17) is 11.6 Å². The summed E-state index contributed by atoms with van der Waals surface area (Å²) in [5.74, 6) is -0.415. The molecule has 1 aromatic rings. The lowest BCUT2D eigenvalue weighted by molar-refractivity contribution is -0.0851. The Balaban J connectivity index is 2.29. The predicted molar refractivity (Wildman–Crippen MR) is 81.5 cm³/mol. The van der Waals surface area contributed by atoms with Gasteiger partial charge in [0, 0.05) is 6.42 Å². The summed E-state index contributed by atoms with van der Waals surface area (Å²) in [4.78, 5) is 0. The van der Waals surface area contributed by atoms with Crippen molar-refractivity contribution in [1.82, 2.24) is 0 Å². The summed E-state index contributed by atoms with van der Waals surface area (Å²) in [6.07, 6.45) is 2.93. The lowest BCUT2D eigenvalue weighted by atomic mass is 9.58. The van der Waals surface area contributed by atoms with Crippen molar-refractivity contribution in [2.75, 3.05) is 0 Å². The second kappa shape index (κ2) is 4.99. The van der Waals surface area contributed by atoms with Gasteiger partial charge in [-0.25, -0.2) is 4.39 Å². The minimum atomic E-state index is -0.817. The third-order valence-corrected chi connectivity index (χ3v) is 4.55. The molecule has 20 heavy (non-hydrogen) atoms. The number of halogens is 2. The molecule has 112 valence electrons. The van der Waals surface area contributed by atoms with E-state index in [9.17, 15) is 9.50 Å². The van der Waals surface area contributed by atoms with E-state index in [1.807, 2.05) is 0 Å². The van der Waals surface area contributed by atoms with Crippen LogP contribution in [0.2, 0.25) is 5.02 Å². The van der Waals surface area contributed by atoms with Crippen LogP contribution in [0.3, 0.4) is 0 Å². The second-order valence-corrected chi connectivity index (χ2v) is 8.35. The fraction of sp³-hybridized carbons (Fsp3) is 0.647. The normalized spacial score (nSPS) is 23.6. The van der Waals surface area contributed by atoms with Crippen LogP contribution in [0.15, 0.2) is 18.2 Å². The van der Waals surface area contributed by atoms with Crippen molar-refractivity contribution in [1.29, 1.82) is 0 Å². The molecule has 2 rings (SSSR count). The molecule has 1 N–H and O–H groups in total. The van der Waals surface area contributed by atoms with Gasteiger partial charge in [0.15, 0.2) is 0 Å². The first-order valence-electron chi connectivity index (χ1n) is 7.17. The highest BCUT2D eigenvalue weighted by Gasteiger charge is 2.46. The largest absolute Gasteiger partial charge is 0.390 e. The quantitative estimate of drug-likeness (QED) is 0.815. The van der Waals surface area contributed by atoms with E-state index in [2.05, 4.69) is 27.7 Å². The van der Waals surface area contributed by atoms with Gasteiger partial charge in [-0.2, -0.15) is 0 Å². The minimum Gasteiger partial charge on any atom is -0.390 e. The van der Waals surface area contributed by atoms with Gasteiger partial charge >= 0.3 is 0 Å². The Morgan fingerprint density at radius 2 is 1.65 bits per heavy atom. The standard InChI is InChI=1S/C17H24ClFO/c1-15(2)9-16(3,4)11-17(20,10-15)8-12-6-5-7-13(19)14(12)18/h5-7,20H,8-11H2,1-4H3. The first-order chi connectivity index (χ1) is 9.02. The maximum Gasteiger partial charge on any atom is 0.142 e. The molecule has 0 amide bonds. The van der Waals surface area contributed by atoms with Crippen LogP contribution in [0.25, 0.3) is 0 Å². The van der Waals surface area contributed by atoms with Crippen LogP contribution in [0, 0.1) is 16.6 Å². The van der Waals surface area contributed by atoms with Gasteiger partial charge in [0.05, 0.1) is 10.6 Å². The zero-order valence-electron chi connectivity index (χ0n) is 12.8. The van der Waals surface area contributed by atoms with Crippen molar-refractivity contribution >= 4 is 11.6 Å². The van der Waals surface area contributed by atoms with Crippen LogP contribution in [0.1, 0.15) is 52.5 Å². The predicted octanol–water partition coefficient (Wildman–Crippen LogP) is 4.99. The molecule has 1 aromatic carbocycles. The van der Waals surface area contributed by atoms with E-state index in [0.29, 0.717) is 12.0 Å². The lowest BCUT2D eigenvalue weighted by Crippen LogP contribution is -2.47. The van der Waals surface area contributed by atoms with E-state index in [1.54, 1.807) is 12.1 Å². The highest BCUT2D eigenvalue weighted by molar-refractivity contribution is 6.31. The van der Waals surface area contributed by atoms with Crippen LogP contribution in [0.4, 0.5) is 4.39 Å². The van der Waals surface area contributed by atoms with Crippen molar-refractivity contribution < 1.29 is 9.50 Å². The van der Waals surface area contributed by atoms with Crippen LogP contribution in [0.5, 0.6) is 0 Å². The van der Waals surface area contributed by atoms with Crippen LogP contribution < -0.4 is 0 Å². The molecule has 0 atom stereocenters. The maximum absolute atomic E-state index is 13.5. The van der Waals surface area contributed by atoms with Gasteiger partial charge in [0.1, 0.15) is 5.82 Å². The van der Waals surface area contributed by atoms with Crippen molar-refractivity contribution in [3.05, 3.63) is 34.6 Å². The van der Waals surface area contributed by atoms with Gasteiger partial charge in [-0.1, -0.05) is 51.4 Å². The second-order valence-electron chi connectivity index (χ2n) is 7.97. The average molecular weight is 299 g/mol. The van der Waals surface area contributed by atoms with Crippen molar-refractivity contribution in [2.45, 2.75) is 59.0 Å². The molecule has 0 heterocycles. The zero-order valence-corrected chi connectivity index (χ0v) is 13.5. The summed E-state index contributed by atoms with van der Waals surface area (Å²) in [7, 11) is 0. The summed E-state index contributed by atoms with van der Waals surface area (Å²) < 4.78 is 13.5. The molecule has 3 heteroatoms. The summed E-state index contributed by atoms with van der Waals surface area (Å²) >= 11 is 6.03. The van der Waals surface area contributed by atoms with Gasteiger partial charge in [-0.3, -0.25) is 0 Å². The van der Waals surface area contributed by atoms with E-state index < -0.39 is 11.4 Å². The fourth-order valence-electron chi connectivity index (χ4n) is 4.43. The molecule has 1 aliphatic rings. The first kappa shape index (κ1) is 15.8. The third kappa shape index (κ3) is 3.53. The number of benzene rings is 1. The van der Waals surface area contributed by atoms with Gasteiger partial charge in [-0.15, -0.1) is 0 Å². The summed E-state index contributed by atoms with van der Waals surface area (Å²) in [6, 6.07) is 4.81. The first-order valence-corrected chi connectivity index (χ1v) is 7.55. The molecular weight excluding hydrogens is 275 g/mol. The summed E-state index contributed by atoms with van der Waals surface area (Å²) in [5, 5.41) is 11.2. The minimum absolute atomic E-state index is 0.0797. The van der Waals surface area contributed by atoms with E-state index in [-0.39, 0.29) is 15.9 Å². The highest BCUT2D eigenvalue weighted by Crippen LogP contribution is 2.51. The topological polar surface area (TPSA) is 20.2 Å². The Morgan fingerprint density at radius 1 is 1.10 bits per heavy atom. The number of aliphatic hydroxyl groups is 1. The Bertz CT molecular complexity index is 492. The monoisotopic (exact) mass is 298 g/mol. The van der Waals surface area contributed by atoms with E-state index in [0.717, 1.165) is 19.3 Å². The molecule has 0 bridgehead atoms. The van der Waals surface area contributed by atoms with Crippen LogP contribution >= 0.6 is 11.6 Å². The van der Waals surface area contributed by atoms with Gasteiger partial charge in [0.2, 0.25) is 0 Å². The Hall–Kier alpha value is -0.600. The highest BCUT2D eigenvalue weighted by atomic mass is 35.5. The lowest BCUT2D eigenvalue weighted by Gasteiger charge is -2.49. The van der Waals surface area contributed by atoms with Gasteiger partial charge in [0.25, 0.3) is 0 Å². The number of hydrogen-bond donors (Lipinski definition) is 1. The summed E-state index contributed by atoms with van der Waals surface area (Å²) in [5.41, 5.74) is 0.0395.